The summed E-state index contributed by atoms with van der Waals surface area (Å²) >= 11 is 0. The van der Waals surface area contributed by atoms with Crippen molar-refractivity contribution in [2.24, 2.45) is 0 Å². The van der Waals surface area contributed by atoms with Crippen LogP contribution in [-0.4, -0.2) is 25.4 Å². The van der Waals surface area contributed by atoms with Crippen molar-refractivity contribution < 1.29 is 20.4 Å². The summed E-state index contributed by atoms with van der Waals surface area (Å²) in [5.74, 6) is -2.78. The molecular formula is C4H5NO4. The summed E-state index contributed by atoms with van der Waals surface area (Å²) in [6.45, 7) is 0. The Hall–Kier alpha value is -1.52. The van der Waals surface area contributed by atoms with Crippen molar-refractivity contribution in [1.29, 1.82) is 0 Å². The van der Waals surface area contributed by atoms with Gasteiger partial charge in [0.2, 0.25) is 23.3 Å². The molecule has 0 aromatic carbocycles. The van der Waals surface area contributed by atoms with Gasteiger partial charge in [-0.2, -0.15) is 0 Å². The van der Waals surface area contributed by atoms with E-state index in [2.05, 4.69) is 0 Å². The van der Waals surface area contributed by atoms with Crippen LogP contribution in [-0.2, 0) is 0 Å². The van der Waals surface area contributed by atoms with Gasteiger partial charge in [0.1, 0.15) is 0 Å². The van der Waals surface area contributed by atoms with Crippen molar-refractivity contribution in [3.8, 4) is 23.3 Å². The smallest absolute Gasteiger partial charge is 0.238 e. The monoisotopic (exact) mass is 131 g/mol. The number of aromatic hydroxyl groups is 4. The van der Waals surface area contributed by atoms with E-state index in [1.165, 1.54) is 0 Å². The second-order valence-corrected chi connectivity index (χ2v) is 1.52. The normalized spacial score (nSPS) is 9.78. The molecule has 0 radical (unpaired) electrons. The molecule has 0 saturated carbocycles. The molecule has 0 aliphatic heterocycles. The van der Waals surface area contributed by atoms with E-state index in [1.54, 1.807) is 0 Å². The Kier molecular flexibility index (Phi) is 0.921. The Morgan fingerprint density at radius 3 is 1.22 bits per heavy atom. The highest BCUT2D eigenvalue weighted by atomic mass is 16.4. The first kappa shape index (κ1) is 5.61. The molecule has 1 aromatic heterocycles. The minimum Gasteiger partial charge on any atom is -0.500 e. The van der Waals surface area contributed by atoms with Crippen molar-refractivity contribution in [2.45, 2.75) is 0 Å². The highest BCUT2D eigenvalue weighted by molar-refractivity contribution is 5.52. The fourth-order valence-electron chi connectivity index (χ4n) is 0.455. The van der Waals surface area contributed by atoms with Crippen LogP contribution in [0, 0.1) is 0 Å². The van der Waals surface area contributed by atoms with Gasteiger partial charge in [0.15, 0.2) is 0 Å². The van der Waals surface area contributed by atoms with Crippen LogP contribution in [0.4, 0.5) is 0 Å². The van der Waals surface area contributed by atoms with E-state index in [9.17, 15) is 0 Å². The molecule has 5 nitrogen and oxygen atoms in total. The Labute approximate surface area is 49.8 Å². The minimum atomic E-state index is -0.743. The Balaban J connectivity index is 3.29. The number of rotatable bonds is 0. The fraction of sp³-hybridized carbons (Fsp3) is 0. The molecule has 0 unspecified atom stereocenters. The molecule has 5 N–H and O–H groups in total. The molecule has 0 saturated heterocycles. The van der Waals surface area contributed by atoms with Gasteiger partial charge in [-0.1, -0.05) is 0 Å². The van der Waals surface area contributed by atoms with Crippen molar-refractivity contribution in [3.05, 3.63) is 0 Å². The maximum atomic E-state index is 8.54. The van der Waals surface area contributed by atoms with Gasteiger partial charge in [-0.3, -0.25) is 4.98 Å². The van der Waals surface area contributed by atoms with Crippen LogP contribution in [0.5, 0.6) is 23.3 Å². The predicted octanol–water partition coefficient (Wildman–Crippen LogP) is -0.163. The number of aromatic nitrogens is 1. The molecule has 50 valence electrons. The molecule has 0 aliphatic carbocycles. The van der Waals surface area contributed by atoms with Crippen LogP contribution in [0.15, 0.2) is 0 Å². The second kappa shape index (κ2) is 1.48. The highest BCUT2D eigenvalue weighted by Crippen LogP contribution is 2.41. The van der Waals surface area contributed by atoms with Crippen molar-refractivity contribution in [3.63, 3.8) is 0 Å². The standard InChI is InChI=1S/C4H5NO4/c6-1-2(7)4(9)5-3(1)8/h5-9H. The fourth-order valence-corrected chi connectivity index (χ4v) is 0.455. The lowest BCUT2D eigenvalue weighted by Gasteiger charge is -1.84. The first-order chi connectivity index (χ1) is 4.13. The average Bonchev–Trinajstić information content (AvgIpc) is 1.98. The molecule has 0 bridgehead atoms. The van der Waals surface area contributed by atoms with E-state index in [0.29, 0.717) is 0 Å². The van der Waals surface area contributed by atoms with Crippen LogP contribution in [0.1, 0.15) is 0 Å². The molecular weight excluding hydrogens is 126 g/mol. The summed E-state index contributed by atoms with van der Waals surface area (Å²) in [7, 11) is 0. The van der Waals surface area contributed by atoms with Gasteiger partial charge in [0.05, 0.1) is 0 Å². The molecule has 0 amide bonds. The van der Waals surface area contributed by atoms with Gasteiger partial charge in [0.25, 0.3) is 0 Å². The zero-order valence-electron chi connectivity index (χ0n) is 4.29. The van der Waals surface area contributed by atoms with Gasteiger partial charge in [-0.15, -0.1) is 0 Å². The molecule has 9 heavy (non-hydrogen) atoms. The molecule has 1 aromatic rings. The number of aromatic amines is 1. The molecule has 5 heteroatoms. The van der Waals surface area contributed by atoms with Crippen LogP contribution in [0.2, 0.25) is 0 Å². The first-order valence-electron chi connectivity index (χ1n) is 2.14. The van der Waals surface area contributed by atoms with Gasteiger partial charge < -0.3 is 20.4 Å². The number of hydrogen-bond donors (Lipinski definition) is 5. The Morgan fingerprint density at radius 2 is 1.11 bits per heavy atom. The zero-order valence-corrected chi connectivity index (χ0v) is 4.29. The largest absolute Gasteiger partial charge is 0.500 e. The lowest BCUT2D eigenvalue weighted by atomic mass is 10.5. The lowest BCUT2D eigenvalue weighted by Crippen LogP contribution is -1.59. The topological polar surface area (TPSA) is 96.7 Å². The summed E-state index contributed by atoms with van der Waals surface area (Å²) in [4.78, 5) is 1.89. The van der Waals surface area contributed by atoms with Gasteiger partial charge in [0, 0.05) is 0 Å². The number of H-pyrrole nitrogens is 1. The average molecular weight is 131 g/mol. The molecule has 0 atom stereocenters. The van der Waals surface area contributed by atoms with Crippen LogP contribution >= 0.6 is 0 Å². The summed E-state index contributed by atoms with van der Waals surface area (Å²) in [6.07, 6.45) is 0. The van der Waals surface area contributed by atoms with Crippen LogP contribution in [0.3, 0.4) is 0 Å². The molecule has 0 fully saturated rings. The van der Waals surface area contributed by atoms with E-state index < -0.39 is 23.3 Å². The maximum absolute atomic E-state index is 8.54. The van der Waals surface area contributed by atoms with E-state index >= 15 is 0 Å². The summed E-state index contributed by atoms with van der Waals surface area (Å²) in [5, 5.41) is 34.1. The first-order valence-corrected chi connectivity index (χ1v) is 2.14. The maximum Gasteiger partial charge on any atom is 0.238 e. The van der Waals surface area contributed by atoms with Gasteiger partial charge in [-0.25, -0.2) is 0 Å². The van der Waals surface area contributed by atoms with E-state index in [1.807, 2.05) is 4.98 Å². The molecule has 0 spiro atoms. The lowest BCUT2D eigenvalue weighted by molar-refractivity contribution is 0.363. The Bertz CT molecular complexity index is 206. The SMILES string of the molecule is Oc1[nH]c(O)c(O)c1O. The van der Waals surface area contributed by atoms with E-state index in [0.717, 1.165) is 0 Å². The highest BCUT2D eigenvalue weighted by Gasteiger charge is 2.13. The molecule has 1 rings (SSSR count). The van der Waals surface area contributed by atoms with Crippen molar-refractivity contribution >= 4 is 0 Å². The van der Waals surface area contributed by atoms with Crippen molar-refractivity contribution in [1.82, 2.24) is 4.98 Å². The van der Waals surface area contributed by atoms with Crippen LogP contribution < -0.4 is 0 Å². The van der Waals surface area contributed by atoms with Crippen LogP contribution in [0.25, 0.3) is 0 Å². The second-order valence-electron chi connectivity index (χ2n) is 1.52. The number of hydrogen-bond acceptors (Lipinski definition) is 4. The quantitative estimate of drug-likeness (QED) is 0.338. The summed E-state index contributed by atoms with van der Waals surface area (Å²) in [6, 6.07) is 0. The van der Waals surface area contributed by atoms with Crippen molar-refractivity contribution in [2.75, 3.05) is 0 Å². The van der Waals surface area contributed by atoms with E-state index in [-0.39, 0.29) is 0 Å². The summed E-state index contributed by atoms with van der Waals surface area (Å²) in [5.41, 5.74) is 0. The predicted molar refractivity (Wildman–Crippen MR) is 27.5 cm³/mol. The number of nitrogens with one attached hydrogen (secondary N) is 1. The van der Waals surface area contributed by atoms with Gasteiger partial charge in [-0.05, 0) is 0 Å². The molecule has 0 aliphatic rings. The minimum absolute atomic E-state index is 0.648. The Morgan fingerprint density at radius 1 is 0.778 bits per heavy atom. The third kappa shape index (κ3) is 0.620. The molecule has 1 heterocycles. The third-order valence-electron chi connectivity index (χ3n) is 0.910. The summed E-state index contributed by atoms with van der Waals surface area (Å²) < 4.78 is 0. The van der Waals surface area contributed by atoms with Gasteiger partial charge >= 0.3 is 0 Å². The van der Waals surface area contributed by atoms with E-state index in [4.69, 9.17) is 20.4 Å². The zero-order chi connectivity index (χ0) is 7.02. The third-order valence-corrected chi connectivity index (χ3v) is 0.910.